The van der Waals surface area contributed by atoms with Crippen molar-refractivity contribution in [3.05, 3.63) is 99.8 Å². The van der Waals surface area contributed by atoms with E-state index in [4.69, 9.17) is 21.1 Å². The first-order valence-corrected chi connectivity index (χ1v) is 13.8. The van der Waals surface area contributed by atoms with Crippen molar-refractivity contribution in [2.45, 2.75) is 50.7 Å². The summed E-state index contributed by atoms with van der Waals surface area (Å²) in [5.74, 6) is 0.601. The van der Waals surface area contributed by atoms with Crippen LogP contribution in [0.15, 0.2) is 66.9 Å². The number of esters is 1. The number of nitrogens with zero attached hydrogens (tertiary/aromatic N) is 2. The summed E-state index contributed by atoms with van der Waals surface area (Å²) >= 11 is 6.10. The maximum Gasteiger partial charge on any atom is 0.316 e. The molecule has 0 aliphatic carbocycles. The minimum atomic E-state index is -0.964. The maximum absolute atomic E-state index is 12.9. The number of likely N-dealkylation sites (tertiary alicyclic amines) is 1. The van der Waals surface area contributed by atoms with Gasteiger partial charge in [-0.3, -0.25) is 9.78 Å². The van der Waals surface area contributed by atoms with Crippen LogP contribution in [0, 0.1) is 0 Å². The van der Waals surface area contributed by atoms with Crippen LogP contribution in [-0.2, 0) is 27.2 Å². The monoisotopic (exact) mass is 546 g/mol. The maximum atomic E-state index is 12.9. The molecule has 39 heavy (non-hydrogen) atoms. The first kappa shape index (κ1) is 27.4. The van der Waals surface area contributed by atoms with E-state index in [1.165, 1.54) is 7.11 Å². The molecule has 3 heterocycles. The number of halogens is 1. The Morgan fingerprint density at radius 3 is 2.59 bits per heavy atom. The fraction of sp³-hybridized carbons (Fsp3) is 0.375. The molecule has 0 atom stereocenters. The van der Waals surface area contributed by atoms with Crippen LogP contribution in [0.1, 0.15) is 61.1 Å². The molecular formula is C32H35ClN2O4. The van der Waals surface area contributed by atoms with Crippen LogP contribution in [0.4, 0.5) is 0 Å². The lowest BCUT2D eigenvalue weighted by atomic mass is 9.72. The summed E-state index contributed by atoms with van der Waals surface area (Å²) in [5.41, 5.74) is 4.16. The minimum Gasteiger partial charge on any atom is -0.487 e. The Bertz CT molecular complexity index is 1370. The smallest absolute Gasteiger partial charge is 0.316 e. The van der Waals surface area contributed by atoms with Gasteiger partial charge in [0.1, 0.15) is 12.4 Å². The summed E-state index contributed by atoms with van der Waals surface area (Å²) < 4.78 is 11.4. The van der Waals surface area contributed by atoms with Gasteiger partial charge in [-0.1, -0.05) is 41.9 Å². The molecule has 0 amide bonds. The van der Waals surface area contributed by atoms with Crippen LogP contribution in [0.3, 0.4) is 0 Å². The molecule has 1 N–H and O–H groups in total. The van der Waals surface area contributed by atoms with Crippen molar-refractivity contribution >= 4 is 23.1 Å². The number of benzene rings is 2. The molecule has 1 aromatic heterocycles. The summed E-state index contributed by atoms with van der Waals surface area (Å²) in [6.45, 7) is 6.43. The average molecular weight is 547 g/mol. The molecule has 204 valence electrons. The highest BCUT2D eigenvalue weighted by atomic mass is 35.5. The van der Waals surface area contributed by atoms with Crippen molar-refractivity contribution in [1.29, 1.82) is 0 Å². The molecule has 2 aliphatic rings. The molecule has 2 aromatic carbocycles. The van der Waals surface area contributed by atoms with E-state index in [9.17, 15) is 9.90 Å². The van der Waals surface area contributed by atoms with Crippen molar-refractivity contribution in [1.82, 2.24) is 9.88 Å². The van der Waals surface area contributed by atoms with Gasteiger partial charge in [-0.05, 0) is 93.2 Å². The van der Waals surface area contributed by atoms with Crippen molar-refractivity contribution in [3.8, 4) is 5.75 Å². The Morgan fingerprint density at radius 2 is 1.90 bits per heavy atom. The van der Waals surface area contributed by atoms with E-state index in [2.05, 4.69) is 22.0 Å². The van der Waals surface area contributed by atoms with E-state index < -0.39 is 11.0 Å². The number of hydrogen-bond acceptors (Lipinski definition) is 6. The van der Waals surface area contributed by atoms with Gasteiger partial charge in [-0.25, -0.2) is 0 Å². The summed E-state index contributed by atoms with van der Waals surface area (Å²) in [5, 5.41) is 11.3. The lowest BCUT2D eigenvalue weighted by Gasteiger charge is -2.40. The van der Waals surface area contributed by atoms with Crippen LogP contribution >= 0.6 is 11.6 Å². The van der Waals surface area contributed by atoms with Gasteiger partial charge in [0, 0.05) is 28.9 Å². The molecule has 1 fully saturated rings. The molecule has 2 aliphatic heterocycles. The van der Waals surface area contributed by atoms with Crippen molar-refractivity contribution in [2.24, 2.45) is 0 Å². The van der Waals surface area contributed by atoms with Crippen LogP contribution in [0.25, 0.3) is 5.57 Å². The largest absolute Gasteiger partial charge is 0.487 e. The van der Waals surface area contributed by atoms with E-state index in [1.807, 2.05) is 48.5 Å². The highest BCUT2D eigenvalue weighted by Crippen LogP contribution is 2.40. The van der Waals surface area contributed by atoms with Crippen molar-refractivity contribution in [3.63, 3.8) is 0 Å². The number of rotatable bonds is 6. The lowest BCUT2D eigenvalue weighted by molar-refractivity contribution is -0.149. The number of aromatic nitrogens is 1. The Hall–Kier alpha value is -3.19. The molecule has 7 heteroatoms. The second kappa shape index (κ2) is 11.1. The zero-order valence-corrected chi connectivity index (χ0v) is 23.5. The Kier molecular flexibility index (Phi) is 7.81. The first-order valence-electron chi connectivity index (χ1n) is 13.4. The zero-order chi connectivity index (χ0) is 27.6. The third kappa shape index (κ3) is 5.60. The number of piperidine rings is 1. The van der Waals surface area contributed by atoms with Gasteiger partial charge in [-0.15, -0.1) is 0 Å². The number of aliphatic hydroxyl groups is 1. The number of ether oxygens (including phenoxy) is 2. The van der Waals surface area contributed by atoms with Gasteiger partial charge in [0.2, 0.25) is 0 Å². The van der Waals surface area contributed by atoms with E-state index >= 15 is 0 Å². The lowest BCUT2D eigenvalue weighted by Crippen LogP contribution is -2.48. The van der Waals surface area contributed by atoms with Crippen LogP contribution in [0.5, 0.6) is 5.75 Å². The summed E-state index contributed by atoms with van der Waals surface area (Å²) in [7, 11) is 1.46. The Balaban J connectivity index is 1.37. The second-order valence-electron chi connectivity index (χ2n) is 10.9. The number of fused-ring (bicyclic) bond motifs is 2. The molecule has 3 aromatic rings. The van der Waals surface area contributed by atoms with Crippen LogP contribution in [-0.4, -0.2) is 47.7 Å². The number of carbonyl (C=O) groups excluding carboxylic acids is 1. The highest BCUT2D eigenvalue weighted by molar-refractivity contribution is 6.30. The molecule has 6 nitrogen and oxygen atoms in total. The molecule has 0 spiro atoms. The minimum absolute atomic E-state index is 0.187. The zero-order valence-electron chi connectivity index (χ0n) is 22.7. The van der Waals surface area contributed by atoms with Gasteiger partial charge in [-0.2, -0.15) is 0 Å². The number of hydrogen-bond donors (Lipinski definition) is 1. The number of carbonyl (C=O) groups is 1. The quantitative estimate of drug-likeness (QED) is 0.389. The van der Waals surface area contributed by atoms with Crippen LogP contribution in [0.2, 0.25) is 5.02 Å². The summed E-state index contributed by atoms with van der Waals surface area (Å²) in [6, 6.07) is 17.5. The fourth-order valence-corrected chi connectivity index (χ4v) is 5.81. The SMILES string of the molecule is COC(=O)C1(c2ccc(Cl)cc2)CCN(CC/C=C2/c3cc(C(C)(C)O)ccc3OCc3ncccc32)CC1. The fourth-order valence-electron chi connectivity index (χ4n) is 5.68. The van der Waals surface area contributed by atoms with Gasteiger partial charge < -0.3 is 19.5 Å². The normalized spacial score (nSPS) is 18.0. The van der Waals surface area contributed by atoms with Crippen molar-refractivity contribution < 1.29 is 19.4 Å². The molecule has 0 radical (unpaired) electrons. The third-order valence-corrected chi connectivity index (χ3v) is 8.25. The molecule has 1 saturated heterocycles. The van der Waals surface area contributed by atoms with Gasteiger partial charge in [0.05, 0.1) is 23.8 Å². The van der Waals surface area contributed by atoms with E-state index in [0.29, 0.717) is 24.5 Å². The average Bonchev–Trinajstić information content (AvgIpc) is 3.09. The topological polar surface area (TPSA) is 71.9 Å². The van der Waals surface area contributed by atoms with Gasteiger partial charge in [0.15, 0.2) is 0 Å². The van der Waals surface area contributed by atoms with E-state index in [-0.39, 0.29) is 5.97 Å². The Labute approximate surface area is 235 Å². The molecule has 0 saturated carbocycles. The predicted octanol–water partition coefficient (Wildman–Crippen LogP) is 5.88. The molecule has 5 rings (SSSR count). The van der Waals surface area contributed by atoms with Gasteiger partial charge in [0.25, 0.3) is 0 Å². The van der Waals surface area contributed by atoms with Gasteiger partial charge >= 0.3 is 5.97 Å². The molecular weight excluding hydrogens is 512 g/mol. The first-order chi connectivity index (χ1) is 18.7. The molecule has 0 unspecified atom stereocenters. The number of methoxy groups -OCH3 is 1. The van der Waals surface area contributed by atoms with E-state index in [1.54, 1.807) is 20.0 Å². The van der Waals surface area contributed by atoms with E-state index in [0.717, 1.165) is 65.3 Å². The highest BCUT2D eigenvalue weighted by Gasteiger charge is 2.43. The second-order valence-corrected chi connectivity index (χ2v) is 11.3. The molecule has 0 bridgehead atoms. The standard InChI is InChI=1S/C32H35ClN2O4/c1-31(2,37)23-10-13-29-27(20-23)25(26-6-4-16-34-28(26)21-39-29)7-5-17-35-18-14-32(15-19-35,30(36)38-3)22-8-11-24(33)12-9-22/h4,6-13,16,20,37H,5,14-15,17-19,21H2,1-3H3/b25-7+. The predicted molar refractivity (Wildman–Crippen MR) is 153 cm³/mol. The third-order valence-electron chi connectivity index (χ3n) is 8.00. The summed E-state index contributed by atoms with van der Waals surface area (Å²) in [6.07, 6.45) is 6.25. The van der Waals surface area contributed by atoms with Crippen molar-refractivity contribution in [2.75, 3.05) is 26.7 Å². The number of pyridine rings is 1. The summed E-state index contributed by atoms with van der Waals surface area (Å²) in [4.78, 5) is 19.9. The van der Waals surface area contributed by atoms with Crippen LogP contribution < -0.4 is 4.74 Å². The Morgan fingerprint density at radius 1 is 1.15 bits per heavy atom.